The number of phosphoric ester groups is 1. The van der Waals surface area contributed by atoms with Crippen molar-refractivity contribution in [2.45, 2.75) is 277 Å². The first-order valence-electron chi connectivity index (χ1n) is 28.3. The van der Waals surface area contributed by atoms with Gasteiger partial charge in [0.25, 0.3) is 7.82 Å². The van der Waals surface area contributed by atoms with Crippen molar-refractivity contribution in [1.82, 2.24) is 5.32 Å². The average molecular weight is 965 g/mol. The molecule has 0 saturated carbocycles. The van der Waals surface area contributed by atoms with E-state index in [4.69, 9.17) is 13.8 Å². The zero-order valence-electron chi connectivity index (χ0n) is 44.9. The van der Waals surface area contributed by atoms with Gasteiger partial charge in [-0.3, -0.25) is 14.2 Å². The molecule has 0 aliphatic rings. The van der Waals surface area contributed by atoms with Gasteiger partial charge in [-0.25, -0.2) is 0 Å². The molecule has 0 aromatic heterocycles. The van der Waals surface area contributed by atoms with E-state index < -0.39 is 26.6 Å². The number of carbonyl (C=O) groups is 2. The minimum atomic E-state index is -4.70. The van der Waals surface area contributed by atoms with E-state index in [9.17, 15) is 19.0 Å². The van der Waals surface area contributed by atoms with Crippen molar-refractivity contribution < 1.29 is 37.3 Å². The molecule has 0 radical (unpaired) electrons. The number of rotatable bonds is 51. The second-order valence-corrected chi connectivity index (χ2v) is 21.8. The highest BCUT2D eigenvalue weighted by Gasteiger charge is 2.27. The Morgan fingerprint density at radius 1 is 0.507 bits per heavy atom. The quantitative estimate of drug-likeness (QED) is 0.0212. The van der Waals surface area contributed by atoms with Gasteiger partial charge >= 0.3 is 5.97 Å². The third-order valence-corrected chi connectivity index (χ3v) is 13.5. The molecule has 67 heavy (non-hydrogen) atoms. The number of quaternary nitrogens is 1. The number of likely N-dealkylation sites (N-methyl/N-ethyl adjacent to an activating group) is 1. The predicted molar refractivity (Wildman–Crippen MR) is 284 cm³/mol. The lowest BCUT2D eigenvalue weighted by Gasteiger charge is -2.30. The van der Waals surface area contributed by atoms with Gasteiger partial charge in [-0.2, -0.15) is 0 Å². The number of unbranched alkanes of at least 4 members (excludes halogenated alkanes) is 31. The molecule has 0 saturated heterocycles. The number of hydrogen-bond donors (Lipinski definition) is 1. The third kappa shape index (κ3) is 49.0. The fraction of sp³-hybridized carbons (Fsp3) is 0.860. The molecule has 3 atom stereocenters. The van der Waals surface area contributed by atoms with Crippen LogP contribution in [0.1, 0.15) is 265 Å². The molecule has 3 unspecified atom stereocenters. The number of carbonyl (C=O) groups excluding carboxylic acids is 2. The minimum Gasteiger partial charge on any atom is -0.756 e. The Bertz CT molecular complexity index is 1250. The zero-order valence-corrected chi connectivity index (χ0v) is 45.8. The standard InChI is InChI=1S/C57H109N2O7P/c1-7-10-13-16-19-22-25-28-31-34-37-40-43-46-49-56(60)58-54(53-65-67(62,63)64-52-51-59(4,5)6)55(48-45-42-39-36-33-30-27-24-21-18-15-12-9-3)66-57(61)50-47-44-41-38-35-32-29-26-23-20-17-14-11-8-2/h31-32,34-35,45,48,54-55H,7-30,33,36-44,46-47,49-53H2,1-6H3,(H-,58,60,62,63)/b34-31-,35-32-,48-45+. The second-order valence-electron chi connectivity index (χ2n) is 20.4. The van der Waals surface area contributed by atoms with Crippen LogP contribution in [0, 0.1) is 0 Å². The summed E-state index contributed by atoms with van der Waals surface area (Å²) in [5.74, 6) is -0.572. The Balaban J connectivity index is 5.43. The van der Waals surface area contributed by atoms with Gasteiger partial charge < -0.3 is 28.5 Å². The molecule has 1 N–H and O–H groups in total. The Labute approximate surface area is 415 Å². The molecule has 0 bridgehead atoms. The van der Waals surface area contributed by atoms with Crippen LogP contribution < -0.4 is 10.2 Å². The van der Waals surface area contributed by atoms with Crippen molar-refractivity contribution in [3.63, 3.8) is 0 Å². The van der Waals surface area contributed by atoms with Crippen molar-refractivity contribution >= 4 is 19.7 Å². The van der Waals surface area contributed by atoms with Gasteiger partial charge in [0.2, 0.25) is 5.91 Å². The van der Waals surface area contributed by atoms with Crippen molar-refractivity contribution in [3.05, 3.63) is 36.5 Å². The minimum absolute atomic E-state index is 0.0259. The average Bonchev–Trinajstić information content (AvgIpc) is 3.28. The molecule has 9 nitrogen and oxygen atoms in total. The summed E-state index contributed by atoms with van der Waals surface area (Å²) >= 11 is 0. The lowest BCUT2D eigenvalue weighted by molar-refractivity contribution is -0.870. The Morgan fingerprint density at radius 2 is 0.866 bits per heavy atom. The normalized spacial score (nSPS) is 14.1. The van der Waals surface area contributed by atoms with E-state index in [0.717, 1.165) is 70.6 Å². The Kier molecular flexibility index (Phi) is 46.6. The number of amides is 1. The maximum absolute atomic E-state index is 13.4. The van der Waals surface area contributed by atoms with E-state index >= 15 is 0 Å². The van der Waals surface area contributed by atoms with E-state index in [1.54, 1.807) is 0 Å². The van der Waals surface area contributed by atoms with Crippen molar-refractivity contribution in [3.8, 4) is 0 Å². The molecule has 0 aliphatic heterocycles. The highest BCUT2D eigenvalue weighted by molar-refractivity contribution is 7.45. The number of phosphoric acid groups is 1. The first kappa shape index (κ1) is 65.2. The summed E-state index contributed by atoms with van der Waals surface area (Å²) in [5, 5.41) is 3.01. The van der Waals surface area contributed by atoms with Crippen LogP contribution in [0.2, 0.25) is 0 Å². The molecule has 0 fully saturated rings. The Hall–Kier alpha value is -1.77. The Morgan fingerprint density at radius 3 is 1.27 bits per heavy atom. The molecule has 0 aliphatic carbocycles. The van der Waals surface area contributed by atoms with Crippen LogP contribution in [0.15, 0.2) is 36.5 Å². The fourth-order valence-electron chi connectivity index (χ4n) is 8.10. The third-order valence-electron chi connectivity index (χ3n) is 12.5. The number of hydrogen-bond acceptors (Lipinski definition) is 7. The molecule has 0 rings (SSSR count). The number of ether oxygens (including phenoxy) is 1. The molecule has 0 aromatic rings. The van der Waals surface area contributed by atoms with Crippen LogP contribution in [-0.4, -0.2) is 69.4 Å². The van der Waals surface area contributed by atoms with Crippen LogP contribution in [0.5, 0.6) is 0 Å². The predicted octanol–water partition coefficient (Wildman–Crippen LogP) is 16.1. The SMILES string of the molecule is CCCCCCCCC/C=C\CCCCCC(=O)NC(COP(=O)([O-])OCC[N+](C)(C)C)C(/C=C/CCCCCCCCCCCCC)OC(=O)CCCCC/C=C\CCCCCCCCC. The zero-order chi connectivity index (χ0) is 49.4. The topological polar surface area (TPSA) is 114 Å². The molecule has 0 aromatic carbocycles. The van der Waals surface area contributed by atoms with Gasteiger partial charge in [0.15, 0.2) is 0 Å². The van der Waals surface area contributed by atoms with Gasteiger partial charge in [0.1, 0.15) is 19.3 Å². The maximum Gasteiger partial charge on any atom is 0.306 e. The summed E-state index contributed by atoms with van der Waals surface area (Å²) < 4.78 is 30.2. The largest absolute Gasteiger partial charge is 0.756 e. The van der Waals surface area contributed by atoms with Crippen molar-refractivity contribution in [1.29, 1.82) is 0 Å². The fourth-order valence-corrected chi connectivity index (χ4v) is 8.82. The number of nitrogens with one attached hydrogen (secondary N) is 1. The second kappa shape index (κ2) is 47.9. The lowest BCUT2D eigenvalue weighted by atomic mass is 10.0. The molecule has 10 heteroatoms. The van der Waals surface area contributed by atoms with Gasteiger partial charge in [-0.05, 0) is 83.1 Å². The summed E-state index contributed by atoms with van der Waals surface area (Å²) in [6, 6.07) is -0.898. The highest BCUT2D eigenvalue weighted by Crippen LogP contribution is 2.38. The van der Waals surface area contributed by atoms with E-state index in [0.29, 0.717) is 30.3 Å². The first-order chi connectivity index (χ1) is 32.4. The van der Waals surface area contributed by atoms with Crippen LogP contribution in [0.25, 0.3) is 0 Å². The molecule has 0 spiro atoms. The molecule has 1 amide bonds. The van der Waals surface area contributed by atoms with Gasteiger partial charge in [-0.1, -0.05) is 205 Å². The molecule has 394 valence electrons. The van der Waals surface area contributed by atoms with Crippen LogP contribution in [0.3, 0.4) is 0 Å². The lowest BCUT2D eigenvalue weighted by Crippen LogP contribution is -2.47. The molecular weight excluding hydrogens is 856 g/mol. The van der Waals surface area contributed by atoms with E-state index in [2.05, 4.69) is 50.4 Å². The van der Waals surface area contributed by atoms with Crippen LogP contribution in [0.4, 0.5) is 0 Å². The summed E-state index contributed by atoms with van der Waals surface area (Å²) in [6.07, 6.45) is 55.3. The number of esters is 1. The molecule has 0 heterocycles. The van der Waals surface area contributed by atoms with Gasteiger partial charge in [0, 0.05) is 12.8 Å². The molecular formula is C57H109N2O7P. The maximum atomic E-state index is 13.4. The van der Waals surface area contributed by atoms with Gasteiger partial charge in [0.05, 0.1) is 33.8 Å². The summed E-state index contributed by atoms with van der Waals surface area (Å²) in [5.41, 5.74) is 0. The monoisotopic (exact) mass is 965 g/mol. The van der Waals surface area contributed by atoms with Crippen molar-refractivity contribution in [2.75, 3.05) is 40.9 Å². The number of allylic oxidation sites excluding steroid dienone is 5. The summed E-state index contributed by atoms with van der Waals surface area (Å²) in [7, 11) is 1.17. The summed E-state index contributed by atoms with van der Waals surface area (Å²) in [6.45, 7) is 6.82. The summed E-state index contributed by atoms with van der Waals surface area (Å²) in [4.78, 5) is 39.8. The van der Waals surface area contributed by atoms with Crippen LogP contribution in [-0.2, 0) is 27.9 Å². The van der Waals surface area contributed by atoms with Crippen LogP contribution >= 0.6 is 7.82 Å². The van der Waals surface area contributed by atoms with Gasteiger partial charge in [-0.15, -0.1) is 0 Å². The smallest absolute Gasteiger partial charge is 0.306 e. The highest BCUT2D eigenvalue weighted by atomic mass is 31.2. The van der Waals surface area contributed by atoms with E-state index in [1.807, 2.05) is 33.3 Å². The number of nitrogens with zero attached hydrogens (tertiary/aromatic N) is 1. The van der Waals surface area contributed by atoms with Crippen molar-refractivity contribution in [2.24, 2.45) is 0 Å². The first-order valence-corrected chi connectivity index (χ1v) is 29.8. The van der Waals surface area contributed by atoms with E-state index in [-0.39, 0.29) is 24.9 Å². The van der Waals surface area contributed by atoms with E-state index in [1.165, 1.54) is 148 Å².